The molecule has 2 N–H and O–H groups in total. The maximum atomic E-state index is 13.6. The molecule has 1 aliphatic carbocycles. The molecule has 1 fully saturated rings. The third-order valence-corrected chi connectivity index (χ3v) is 5.64. The molecule has 0 spiro atoms. The lowest BCUT2D eigenvalue weighted by Crippen LogP contribution is -2.53. The number of nitrogens with one attached hydrogen (secondary N) is 2. The van der Waals surface area contributed by atoms with Crippen LogP contribution in [-0.2, 0) is 23.9 Å². The summed E-state index contributed by atoms with van der Waals surface area (Å²) in [7, 11) is 0. The first-order chi connectivity index (χ1) is 16.3. The summed E-state index contributed by atoms with van der Waals surface area (Å²) >= 11 is 0. The van der Waals surface area contributed by atoms with Gasteiger partial charge in [0.1, 0.15) is 17.7 Å². The van der Waals surface area contributed by atoms with Crippen LogP contribution in [0.3, 0.4) is 0 Å². The van der Waals surface area contributed by atoms with Crippen LogP contribution in [0.4, 0.5) is 4.79 Å². The number of alkyl carbamates (subject to hydrolysis) is 1. The summed E-state index contributed by atoms with van der Waals surface area (Å²) in [5.74, 6) is -0.960. The topological polar surface area (TPSA) is 114 Å². The number of esters is 1. The lowest BCUT2D eigenvalue weighted by atomic mass is 10.0. The molecule has 2 rings (SSSR count). The van der Waals surface area contributed by atoms with Crippen LogP contribution in [0.25, 0.3) is 0 Å². The van der Waals surface area contributed by atoms with Gasteiger partial charge < -0.3 is 25.0 Å². The van der Waals surface area contributed by atoms with Crippen molar-refractivity contribution in [2.24, 2.45) is 5.92 Å². The van der Waals surface area contributed by atoms with Crippen LogP contribution >= 0.6 is 0 Å². The van der Waals surface area contributed by atoms with Gasteiger partial charge in [-0.15, -0.1) is 0 Å². The Kier molecular flexibility index (Phi) is 9.68. The highest BCUT2D eigenvalue weighted by atomic mass is 16.6. The summed E-state index contributed by atoms with van der Waals surface area (Å²) in [6, 6.07) is 5.45. The highest BCUT2D eigenvalue weighted by molar-refractivity contribution is 5.92. The second-order valence-electron chi connectivity index (χ2n) is 10.1. The number of carbonyl (C=O) groups is 4. The minimum Gasteiger partial charge on any atom is -0.466 e. The molecule has 0 aromatic heterocycles. The fourth-order valence-electron chi connectivity index (χ4n) is 3.75. The minimum atomic E-state index is -0.914. The van der Waals surface area contributed by atoms with E-state index in [1.165, 1.54) is 0 Å². The first-order valence-corrected chi connectivity index (χ1v) is 12.2. The van der Waals surface area contributed by atoms with Gasteiger partial charge in [-0.1, -0.05) is 36.8 Å². The van der Waals surface area contributed by atoms with E-state index in [1.807, 2.05) is 38.1 Å². The average molecular weight is 490 g/mol. The molecule has 1 aromatic rings. The quantitative estimate of drug-likeness (QED) is 0.488. The van der Waals surface area contributed by atoms with Crippen molar-refractivity contribution >= 4 is 23.9 Å². The average Bonchev–Trinajstić information content (AvgIpc) is 3.46. The second-order valence-corrected chi connectivity index (χ2v) is 10.1. The van der Waals surface area contributed by atoms with Gasteiger partial charge in [-0.3, -0.25) is 14.4 Å². The molecular weight excluding hydrogens is 450 g/mol. The largest absolute Gasteiger partial charge is 0.466 e. The van der Waals surface area contributed by atoms with Crippen molar-refractivity contribution in [2.75, 3.05) is 13.2 Å². The first kappa shape index (κ1) is 28.1. The molecule has 194 valence electrons. The summed E-state index contributed by atoms with van der Waals surface area (Å²) < 4.78 is 10.2. The van der Waals surface area contributed by atoms with Crippen LogP contribution in [0.2, 0.25) is 0 Å². The standard InChI is InChI=1S/C26H39N3O6/c1-8-34-21(30)13-14-27-23(31)22(19-11-9-16(2)10-12-19)29(20-15-17(20)3)24(32)18(4)28-25(33)35-26(5,6)7/h9-12,17-18,20,22H,8,13-15H2,1-7H3,(H,27,31)(H,28,33). The normalized spacial score (nSPS) is 18.6. The number of hydrogen-bond donors (Lipinski definition) is 2. The molecule has 0 heterocycles. The van der Waals surface area contributed by atoms with E-state index < -0.39 is 35.7 Å². The Bertz CT molecular complexity index is 909. The molecule has 1 aromatic carbocycles. The highest BCUT2D eigenvalue weighted by Gasteiger charge is 2.47. The van der Waals surface area contributed by atoms with Crippen molar-refractivity contribution in [1.29, 1.82) is 0 Å². The summed E-state index contributed by atoms with van der Waals surface area (Å²) in [4.78, 5) is 52.6. The van der Waals surface area contributed by atoms with Gasteiger partial charge in [-0.25, -0.2) is 4.79 Å². The number of benzene rings is 1. The Labute approximate surface area is 207 Å². The van der Waals surface area contributed by atoms with Crippen LogP contribution in [0, 0.1) is 12.8 Å². The van der Waals surface area contributed by atoms with Crippen molar-refractivity contribution in [3.63, 3.8) is 0 Å². The zero-order chi connectivity index (χ0) is 26.3. The van der Waals surface area contributed by atoms with E-state index in [-0.39, 0.29) is 37.4 Å². The van der Waals surface area contributed by atoms with Crippen molar-refractivity contribution in [3.8, 4) is 0 Å². The number of rotatable bonds is 10. The number of nitrogens with zero attached hydrogens (tertiary/aromatic N) is 1. The lowest BCUT2D eigenvalue weighted by Gasteiger charge is -2.34. The number of hydrogen-bond acceptors (Lipinski definition) is 6. The third kappa shape index (κ3) is 8.56. The number of ether oxygens (including phenoxy) is 2. The monoisotopic (exact) mass is 489 g/mol. The Morgan fingerprint density at radius 2 is 1.74 bits per heavy atom. The van der Waals surface area contributed by atoms with Crippen LogP contribution in [-0.4, -0.2) is 59.6 Å². The third-order valence-electron chi connectivity index (χ3n) is 5.64. The van der Waals surface area contributed by atoms with Gasteiger partial charge in [0.05, 0.1) is 13.0 Å². The van der Waals surface area contributed by atoms with Crippen molar-refractivity contribution in [3.05, 3.63) is 35.4 Å². The molecule has 1 aliphatic rings. The summed E-state index contributed by atoms with van der Waals surface area (Å²) in [6.45, 7) is 12.8. The maximum Gasteiger partial charge on any atom is 0.408 e. The van der Waals surface area contributed by atoms with Crippen molar-refractivity contribution < 1.29 is 28.7 Å². The van der Waals surface area contributed by atoms with E-state index in [0.29, 0.717) is 5.56 Å². The summed E-state index contributed by atoms with van der Waals surface area (Å²) in [5.41, 5.74) is 0.967. The van der Waals surface area contributed by atoms with Gasteiger partial charge in [-0.2, -0.15) is 0 Å². The molecule has 4 unspecified atom stereocenters. The van der Waals surface area contributed by atoms with Gasteiger partial charge in [0.2, 0.25) is 11.8 Å². The van der Waals surface area contributed by atoms with Crippen LogP contribution < -0.4 is 10.6 Å². The molecule has 0 aliphatic heterocycles. The summed E-state index contributed by atoms with van der Waals surface area (Å²) in [5, 5.41) is 5.38. The number of amides is 3. The molecule has 0 saturated heterocycles. The molecule has 4 atom stereocenters. The highest BCUT2D eigenvalue weighted by Crippen LogP contribution is 2.40. The second kappa shape index (κ2) is 12.0. The first-order valence-electron chi connectivity index (χ1n) is 12.2. The van der Waals surface area contributed by atoms with Gasteiger partial charge >= 0.3 is 12.1 Å². The van der Waals surface area contributed by atoms with Crippen LogP contribution in [0.15, 0.2) is 24.3 Å². The zero-order valence-electron chi connectivity index (χ0n) is 21.8. The summed E-state index contributed by atoms with van der Waals surface area (Å²) in [6.07, 6.45) is 0.0847. The number of aryl methyl sites for hydroxylation is 1. The Balaban J connectivity index is 2.29. The van der Waals surface area contributed by atoms with Crippen LogP contribution in [0.5, 0.6) is 0 Å². The lowest BCUT2D eigenvalue weighted by molar-refractivity contribution is -0.144. The van der Waals surface area contributed by atoms with E-state index in [0.717, 1.165) is 12.0 Å². The van der Waals surface area contributed by atoms with Gasteiger partial charge in [0.25, 0.3) is 0 Å². The molecule has 0 radical (unpaired) electrons. The van der Waals surface area contributed by atoms with E-state index in [9.17, 15) is 19.2 Å². The van der Waals surface area contributed by atoms with Crippen molar-refractivity contribution in [2.45, 2.75) is 85.0 Å². The Morgan fingerprint density at radius 3 is 2.26 bits per heavy atom. The molecule has 9 nitrogen and oxygen atoms in total. The Morgan fingerprint density at radius 1 is 1.14 bits per heavy atom. The molecule has 1 saturated carbocycles. The molecule has 0 bridgehead atoms. The minimum absolute atomic E-state index is 0.0323. The van der Waals surface area contributed by atoms with Gasteiger partial charge in [-0.05, 0) is 59.4 Å². The molecule has 3 amide bonds. The number of carbonyl (C=O) groups excluding carboxylic acids is 4. The molecule has 35 heavy (non-hydrogen) atoms. The fraction of sp³-hybridized carbons (Fsp3) is 0.615. The van der Waals surface area contributed by atoms with E-state index in [1.54, 1.807) is 39.5 Å². The van der Waals surface area contributed by atoms with Crippen LogP contribution in [0.1, 0.15) is 71.6 Å². The van der Waals surface area contributed by atoms with E-state index in [2.05, 4.69) is 10.6 Å². The maximum absolute atomic E-state index is 13.6. The van der Waals surface area contributed by atoms with E-state index >= 15 is 0 Å². The predicted octanol–water partition coefficient (Wildman–Crippen LogP) is 3.26. The fourth-order valence-corrected chi connectivity index (χ4v) is 3.75. The SMILES string of the molecule is CCOC(=O)CCNC(=O)C(c1ccc(C)cc1)N(C(=O)C(C)NC(=O)OC(C)(C)C)C1CC1C. The van der Waals surface area contributed by atoms with Gasteiger partial charge in [0, 0.05) is 12.6 Å². The smallest absolute Gasteiger partial charge is 0.408 e. The predicted molar refractivity (Wildman–Crippen MR) is 131 cm³/mol. The molecular formula is C26H39N3O6. The zero-order valence-corrected chi connectivity index (χ0v) is 21.8. The van der Waals surface area contributed by atoms with Crippen molar-refractivity contribution in [1.82, 2.24) is 15.5 Å². The Hall–Kier alpha value is -3.10. The van der Waals surface area contributed by atoms with E-state index in [4.69, 9.17) is 9.47 Å². The van der Waals surface area contributed by atoms with Gasteiger partial charge in [0.15, 0.2) is 0 Å². The molecule has 9 heteroatoms.